The van der Waals surface area contributed by atoms with E-state index in [9.17, 15) is 19.5 Å². The molecule has 232 valence electrons. The number of phenols is 1. The Bertz CT molecular complexity index is 1350. The molecule has 0 saturated heterocycles. The smallest absolute Gasteiger partial charge is 0.340 e. The van der Waals surface area contributed by atoms with Gasteiger partial charge in [-0.2, -0.15) is 0 Å². The number of rotatable bonds is 15. The number of benzene rings is 2. The van der Waals surface area contributed by atoms with Crippen LogP contribution >= 0.6 is 0 Å². The van der Waals surface area contributed by atoms with E-state index in [2.05, 4.69) is 25.2 Å². The minimum absolute atomic E-state index is 0.147. The standard InChI is InChI=1S/C33H42N2O8/c1-8-43-33(39)26-14-13-25(34-30(36)15-12-24-18-28(40-6)32(38)29(19-24)41-7)20-27(26)35(5)31(37)21-42-17-16-23(4)11-9-10-22(2)3/h10,12-16,18-20,38H,8-9,11,17,21H2,1-7H3,(H,34,36)/b15-12?,23-16+. The fraction of sp³-hybridized carbons (Fsp3) is 0.364. The highest BCUT2D eigenvalue weighted by atomic mass is 16.5. The van der Waals surface area contributed by atoms with Gasteiger partial charge >= 0.3 is 5.97 Å². The van der Waals surface area contributed by atoms with Gasteiger partial charge < -0.3 is 34.3 Å². The van der Waals surface area contributed by atoms with Gasteiger partial charge in [0.1, 0.15) is 6.61 Å². The Kier molecular flexibility index (Phi) is 14.0. The van der Waals surface area contributed by atoms with Crippen LogP contribution in [0.2, 0.25) is 0 Å². The molecule has 0 aromatic heterocycles. The molecule has 0 fully saturated rings. The Labute approximate surface area is 253 Å². The fourth-order valence-electron chi connectivity index (χ4n) is 3.90. The van der Waals surface area contributed by atoms with Gasteiger partial charge in [-0.1, -0.05) is 23.3 Å². The molecule has 2 N–H and O–H groups in total. The minimum Gasteiger partial charge on any atom is -0.502 e. The zero-order valence-electron chi connectivity index (χ0n) is 26.0. The quantitative estimate of drug-likeness (QED) is 0.113. The maximum absolute atomic E-state index is 13.0. The Hall–Kier alpha value is -4.57. The maximum atomic E-state index is 13.0. The van der Waals surface area contributed by atoms with Crippen LogP contribution in [0.3, 0.4) is 0 Å². The average molecular weight is 595 g/mol. The van der Waals surface area contributed by atoms with Gasteiger partial charge in [0.2, 0.25) is 11.7 Å². The lowest BCUT2D eigenvalue weighted by Crippen LogP contribution is -2.31. The molecular weight excluding hydrogens is 552 g/mol. The molecule has 2 aromatic rings. The summed E-state index contributed by atoms with van der Waals surface area (Å²) in [5, 5.41) is 12.8. The first kappa shape index (κ1) is 34.6. The summed E-state index contributed by atoms with van der Waals surface area (Å²) < 4.78 is 21.0. The van der Waals surface area contributed by atoms with Crippen LogP contribution in [-0.4, -0.2) is 64.0 Å². The third-order valence-electron chi connectivity index (χ3n) is 6.29. The lowest BCUT2D eigenvalue weighted by Gasteiger charge is -2.21. The fourth-order valence-corrected chi connectivity index (χ4v) is 3.90. The molecule has 0 aliphatic heterocycles. The largest absolute Gasteiger partial charge is 0.502 e. The number of methoxy groups -OCH3 is 2. The van der Waals surface area contributed by atoms with Crippen molar-refractivity contribution >= 4 is 35.2 Å². The molecule has 2 aromatic carbocycles. The number of nitrogens with one attached hydrogen (secondary N) is 1. The molecule has 2 rings (SSSR count). The number of hydrogen-bond donors (Lipinski definition) is 2. The van der Waals surface area contributed by atoms with Crippen molar-refractivity contribution in [1.82, 2.24) is 0 Å². The van der Waals surface area contributed by atoms with Gasteiger partial charge in [-0.25, -0.2) is 4.79 Å². The number of carbonyl (C=O) groups excluding carboxylic acids is 3. The topological polar surface area (TPSA) is 124 Å². The molecule has 0 unspecified atom stereocenters. The monoisotopic (exact) mass is 594 g/mol. The van der Waals surface area contributed by atoms with Crippen LogP contribution in [0.15, 0.2) is 59.7 Å². The molecule has 0 aliphatic carbocycles. The second-order valence-corrected chi connectivity index (χ2v) is 9.89. The molecule has 0 aliphatic rings. The molecule has 0 spiro atoms. The van der Waals surface area contributed by atoms with Gasteiger partial charge in [0.15, 0.2) is 11.5 Å². The van der Waals surface area contributed by atoms with Crippen LogP contribution in [0.4, 0.5) is 11.4 Å². The summed E-state index contributed by atoms with van der Waals surface area (Å²) in [6.07, 6.45) is 8.81. The first-order valence-corrected chi connectivity index (χ1v) is 13.9. The number of ether oxygens (including phenoxy) is 4. The van der Waals surface area contributed by atoms with Crippen molar-refractivity contribution in [2.75, 3.05) is 51.3 Å². The summed E-state index contributed by atoms with van der Waals surface area (Å²) in [7, 11) is 4.35. The highest BCUT2D eigenvalue weighted by Gasteiger charge is 2.21. The third-order valence-corrected chi connectivity index (χ3v) is 6.29. The summed E-state index contributed by atoms with van der Waals surface area (Å²) in [5.74, 6) is -1.20. The van der Waals surface area contributed by atoms with Gasteiger partial charge in [-0.05, 0) is 82.5 Å². The SMILES string of the molecule is CCOC(=O)c1ccc(NC(=O)C=Cc2cc(OC)c(O)c(OC)c2)cc1N(C)C(=O)COC/C=C(\C)CCC=C(C)C. The highest BCUT2D eigenvalue weighted by Crippen LogP contribution is 2.37. The first-order valence-electron chi connectivity index (χ1n) is 13.9. The third kappa shape index (κ3) is 11.0. The molecule has 10 nitrogen and oxygen atoms in total. The molecule has 0 atom stereocenters. The summed E-state index contributed by atoms with van der Waals surface area (Å²) in [5.41, 5.74) is 3.79. The van der Waals surface area contributed by atoms with E-state index in [-0.39, 0.29) is 54.2 Å². The number of anilines is 2. The van der Waals surface area contributed by atoms with Crippen molar-refractivity contribution in [1.29, 1.82) is 0 Å². The highest BCUT2D eigenvalue weighted by molar-refractivity contribution is 6.06. The van der Waals surface area contributed by atoms with E-state index in [0.717, 1.165) is 12.8 Å². The van der Waals surface area contributed by atoms with Crippen LogP contribution in [0.25, 0.3) is 6.08 Å². The lowest BCUT2D eigenvalue weighted by molar-refractivity contribution is -0.122. The Morgan fingerprint density at radius 1 is 1.00 bits per heavy atom. The second kappa shape index (κ2) is 17.4. The van der Waals surface area contributed by atoms with Crippen molar-refractivity contribution in [3.05, 3.63) is 70.8 Å². The van der Waals surface area contributed by atoms with Crippen LogP contribution in [0.5, 0.6) is 17.2 Å². The Morgan fingerprint density at radius 3 is 2.28 bits per heavy atom. The van der Waals surface area contributed by atoms with E-state index in [1.54, 1.807) is 25.1 Å². The van der Waals surface area contributed by atoms with E-state index in [4.69, 9.17) is 18.9 Å². The van der Waals surface area contributed by atoms with E-state index in [1.807, 2.05) is 13.0 Å². The van der Waals surface area contributed by atoms with E-state index >= 15 is 0 Å². The molecule has 10 heteroatoms. The normalized spacial score (nSPS) is 11.2. The first-order chi connectivity index (χ1) is 20.5. The number of phenolic OH excluding ortho intramolecular Hbond substituents is 1. The Morgan fingerprint density at radius 2 is 1.67 bits per heavy atom. The van der Waals surface area contributed by atoms with Gasteiger partial charge in [0.05, 0.1) is 38.7 Å². The number of likely N-dealkylation sites (N-methyl/N-ethyl adjacent to an activating group) is 1. The summed E-state index contributed by atoms with van der Waals surface area (Å²) in [4.78, 5) is 39.6. The lowest BCUT2D eigenvalue weighted by atomic mass is 10.1. The minimum atomic E-state index is -0.596. The number of amides is 2. The van der Waals surface area contributed by atoms with Gasteiger partial charge in [-0.3, -0.25) is 9.59 Å². The van der Waals surface area contributed by atoms with Crippen molar-refractivity contribution < 1.29 is 38.4 Å². The number of nitrogens with zero attached hydrogens (tertiary/aromatic N) is 1. The van der Waals surface area contributed by atoms with Gasteiger partial charge in [-0.15, -0.1) is 0 Å². The van der Waals surface area contributed by atoms with Crippen LogP contribution in [-0.2, 0) is 19.1 Å². The van der Waals surface area contributed by atoms with E-state index < -0.39 is 11.9 Å². The molecule has 43 heavy (non-hydrogen) atoms. The molecule has 0 heterocycles. The van der Waals surface area contributed by atoms with E-state index in [1.165, 1.54) is 61.6 Å². The molecule has 2 amide bonds. The van der Waals surface area contributed by atoms with Crippen molar-refractivity contribution in [2.24, 2.45) is 0 Å². The van der Waals surface area contributed by atoms with Crippen molar-refractivity contribution in [3.8, 4) is 17.2 Å². The van der Waals surface area contributed by atoms with Crippen LogP contribution in [0.1, 0.15) is 56.5 Å². The van der Waals surface area contributed by atoms with Crippen LogP contribution < -0.4 is 19.7 Å². The average Bonchev–Trinajstić information content (AvgIpc) is 2.98. The van der Waals surface area contributed by atoms with Crippen molar-refractivity contribution in [2.45, 2.75) is 40.5 Å². The zero-order chi connectivity index (χ0) is 31.9. The number of aromatic hydroxyl groups is 1. The molecule has 0 saturated carbocycles. The van der Waals surface area contributed by atoms with Crippen LogP contribution in [0, 0.1) is 0 Å². The number of allylic oxidation sites excluding steroid dienone is 3. The number of hydrogen-bond acceptors (Lipinski definition) is 8. The summed E-state index contributed by atoms with van der Waals surface area (Å²) in [6.45, 7) is 8.09. The predicted molar refractivity (Wildman–Crippen MR) is 168 cm³/mol. The molecule has 0 bridgehead atoms. The predicted octanol–water partition coefficient (Wildman–Crippen LogP) is 5.91. The number of esters is 1. The van der Waals surface area contributed by atoms with Gasteiger partial charge in [0.25, 0.3) is 5.91 Å². The van der Waals surface area contributed by atoms with Gasteiger partial charge in [0, 0.05) is 18.8 Å². The van der Waals surface area contributed by atoms with Crippen molar-refractivity contribution in [3.63, 3.8) is 0 Å². The maximum Gasteiger partial charge on any atom is 0.340 e. The zero-order valence-corrected chi connectivity index (χ0v) is 26.0. The second-order valence-electron chi connectivity index (χ2n) is 9.89. The molecular formula is C33H42N2O8. The number of carbonyl (C=O) groups is 3. The summed E-state index contributed by atoms with van der Waals surface area (Å²) in [6, 6.07) is 7.67. The van der Waals surface area contributed by atoms with E-state index in [0.29, 0.717) is 11.3 Å². The summed E-state index contributed by atoms with van der Waals surface area (Å²) >= 11 is 0. The molecule has 0 radical (unpaired) electrons. The Balaban J connectivity index is 2.16.